The summed E-state index contributed by atoms with van der Waals surface area (Å²) in [5, 5.41) is 2.80. The van der Waals surface area contributed by atoms with Gasteiger partial charge in [-0.05, 0) is 55.3 Å². The number of anilines is 1. The molecule has 0 saturated carbocycles. The fourth-order valence-corrected chi connectivity index (χ4v) is 3.34. The summed E-state index contributed by atoms with van der Waals surface area (Å²) in [4.78, 5) is 17.3. The Morgan fingerprint density at radius 1 is 1.19 bits per heavy atom. The average molecular weight is 392 g/mol. The summed E-state index contributed by atoms with van der Waals surface area (Å²) in [7, 11) is -1.29. The third kappa shape index (κ3) is 5.06. The van der Waals surface area contributed by atoms with Gasteiger partial charge >= 0.3 is 0 Å². The summed E-state index contributed by atoms with van der Waals surface area (Å²) in [6.45, 7) is 4.52. The number of hydroxylamine groups is 1. The van der Waals surface area contributed by atoms with Crippen molar-refractivity contribution in [3.05, 3.63) is 53.6 Å². The van der Waals surface area contributed by atoms with Crippen LogP contribution in [0.3, 0.4) is 0 Å². The average Bonchev–Trinajstić information content (AvgIpc) is 2.67. The normalized spacial score (nSPS) is 11.4. The number of ether oxygens (including phenoxy) is 1. The van der Waals surface area contributed by atoms with Crippen LogP contribution < -0.4 is 10.1 Å². The number of hydrogen-bond donors (Lipinski definition) is 1. The Morgan fingerprint density at radius 3 is 2.56 bits per heavy atom. The molecule has 2 aromatic carbocycles. The third-order valence-electron chi connectivity index (χ3n) is 3.91. The lowest BCUT2D eigenvalue weighted by molar-refractivity contribution is -0.0258. The predicted octanol–water partition coefficient (Wildman–Crippen LogP) is 3.22. The first kappa shape index (κ1) is 20.9. The summed E-state index contributed by atoms with van der Waals surface area (Å²) in [5.74, 6) is 0.334. The van der Waals surface area contributed by atoms with Crippen LogP contribution in [-0.4, -0.2) is 39.6 Å². The molecule has 2 rings (SSSR count). The van der Waals surface area contributed by atoms with Crippen LogP contribution in [-0.2, 0) is 14.9 Å². The van der Waals surface area contributed by atoms with E-state index in [0.717, 1.165) is 22.2 Å². The number of sulfonamides is 1. The first-order valence-corrected chi connectivity index (χ1v) is 9.91. The van der Waals surface area contributed by atoms with Crippen molar-refractivity contribution in [2.45, 2.75) is 25.2 Å². The molecule has 0 aliphatic rings. The molecule has 0 bridgehead atoms. The molecule has 0 radical (unpaired) electrons. The molecular formula is C19H24N2O5S. The van der Waals surface area contributed by atoms with Crippen LogP contribution in [0.1, 0.15) is 29.3 Å². The molecule has 0 heterocycles. The molecule has 2 aromatic rings. The second-order valence-corrected chi connectivity index (χ2v) is 7.84. The van der Waals surface area contributed by atoms with E-state index in [1.54, 1.807) is 18.2 Å². The number of carbonyl (C=O) groups is 1. The number of carbonyl (C=O) groups excluding carboxylic acids is 1. The van der Waals surface area contributed by atoms with Crippen LogP contribution in [0.5, 0.6) is 5.75 Å². The van der Waals surface area contributed by atoms with Gasteiger partial charge in [-0.25, -0.2) is 8.42 Å². The molecular weight excluding hydrogens is 368 g/mol. The van der Waals surface area contributed by atoms with E-state index in [1.807, 2.05) is 19.9 Å². The van der Waals surface area contributed by atoms with Gasteiger partial charge in [0.05, 0.1) is 18.6 Å². The van der Waals surface area contributed by atoms with Crippen molar-refractivity contribution in [3.63, 3.8) is 0 Å². The van der Waals surface area contributed by atoms with E-state index in [0.29, 0.717) is 12.3 Å². The van der Waals surface area contributed by atoms with E-state index >= 15 is 0 Å². The fraction of sp³-hybridized carbons (Fsp3) is 0.316. The minimum atomic E-state index is -3.83. The standard InChI is InChI=1S/C19H24N2O5S/c1-5-11-26-16-9-10-18(14(2)12-16)20-19(22)15-7-6-8-17(13-15)27(23,24)21(3)25-4/h6-10,12-13H,5,11H2,1-4H3,(H,20,22). The highest BCUT2D eigenvalue weighted by Gasteiger charge is 2.22. The molecule has 1 N–H and O–H groups in total. The van der Waals surface area contributed by atoms with Crippen LogP contribution in [0.2, 0.25) is 0 Å². The Morgan fingerprint density at radius 2 is 1.93 bits per heavy atom. The molecule has 27 heavy (non-hydrogen) atoms. The second-order valence-electron chi connectivity index (χ2n) is 5.90. The zero-order chi connectivity index (χ0) is 20.0. The number of amides is 1. The molecule has 0 spiro atoms. The number of nitrogens with zero attached hydrogens (tertiary/aromatic N) is 1. The zero-order valence-corrected chi connectivity index (χ0v) is 16.7. The monoisotopic (exact) mass is 392 g/mol. The molecule has 0 atom stereocenters. The minimum Gasteiger partial charge on any atom is -0.494 e. The highest BCUT2D eigenvalue weighted by molar-refractivity contribution is 7.89. The van der Waals surface area contributed by atoms with Gasteiger partial charge in [-0.2, -0.15) is 0 Å². The SMILES string of the molecule is CCCOc1ccc(NC(=O)c2cccc(S(=O)(=O)N(C)OC)c2)c(C)c1. The predicted molar refractivity (Wildman–Crippen MR) is 103 cm³/mol. The second kappa shape index (κ2) is 8.98. The largest absolute Gasteiger partial charge is 0.494 e. The number of hydrogen-bond acceptors (Lipinski definition) is 5. The number of rotatable bonds is 8. The maximum Gasteiger partial charge on any atom is 0.264 e. The lowest BCUT2D eigenvalue weighted by Crippen LogP contribution is -2.26. The van der Waals surface area contributed by atoms with Gasteiger partial charge in [0.1, 0.15) is 5.75 Å². The van der Waals surface area contributed by atoms with Crippen LogP contribution >= 0.6 is 0 Å². The van der Waals surface area contributed by atoms with Gasteiger partial charge in [0.25, 0.3) is 15.9 Å². The first-order chi connectivity index (χ1) is 12.8. The molecule has 0 aliphatic heterocycles. The summed E-state index contributed by atoms with van der Waals surface area (Å²) in [6, 6.07) is 11.2. The number of benzene rings is 2. The van der Waals surface area contributed by atoms with Crippen LogP contribution in [0, 0.1) is 6.92 Å². The Balaban J connectivity index is 2.21. The van der Waals surface area contributed by atoms with Gasteiger partial charge in [0.2, 0.25) is 0 Å². The van der Waals surface area contributed by atoms with Gasteiger partial charge < -0.3 is 10.1 Å². The molecule has 0 unspecified atom stereocenters. The van der Waals surface area contributed by atoms with Crippen molar-refractivity contribution in [1.82, 2.24) is 4.47 Å². The zero-order valence-electron chi connectivity index (χ0n) is 15.9. The molecule has 8 heteroatoms. The van der Waals surface area contributed by atoms with Crippen molar-refractivity contribution in [1.29, 1.82) is 0 Å². The topological polar surface area (TPSA) is 84.9 Å². The Hall–Kier alpha value is -2.42. The molecule has 0 aromatic heterocycles. The number of nitrogens with one attached hydrogen (secondary N) is 1. The van der Waals surface area contributed by atoms with E-state index in [-0.39, 0.29) is 10.5 Å². The molecule has 1 amide bonds. The first-order valence-electron chi connectivity index (χ1n) is 8.47. The third-order valence-corrected chi connectivity index (χ3v) is 5.58. The maximum atomic E-state index is 12.6. The highest BCUT2D eigenvalue weighted by Crippen LogP contribution is 2.23. The summed E-state index contributed by atoms with van der Waals surface area (Å²) in [5.41, 5.74) is 1.71. The lowest BCUT2D eigenvalue weighted by atomic mass is 10.1. The minimum absolute atomic E-state index is 0.0282. The number of aryl methyl sites for hydroxylation is 1. The van der Waals surface area contributed by atoms with Crippen molar-refractivity contribution in [2.24, 2.45) is 0 Å². The molecule has 0 saturated heterocycles. The van der Waals surface area contributed by atoms with Gasteiger partial charge in [0.15, 0.2) is 0 Å². The quantitative estimate of drug-likeness (QED) is 0.697. The van der Waals surface area contributed by atoms with Crippen molar-refractivity contribution in [2.75, 3.05) is 26.1 Å². The highest BCUT2D eigenvalue weighted by atomic mass is 32.2. The smallest absolute Gasteiger partial charge is 0.264 e. The summed E-state index contributed by atoms with van der Waals surface area (Å²) >= 11 is 0. The summed E-state index contributed by atoms with van der Waals surface area (Å²) in [6.07, 6.45) is 0.912. The van der Waals surface area contributed by atoms with Gasteiger partial charge in [-0.1, -0.05) is 17.5 Å². The Kier molecular flexibility index (Phi) is 6.95. The van der Waals surface area contributed by atoms with E-state index in [4.69, 9.17) is 9.57 Å². The van der Waals surface area contributed by atoms with E-state index in [9.17, 15) is 13.2 Å². The lowest BCUT2D eigenvalue weighted by Gasteiger charge is -2.15. The maximum absolute atomic E-state index is 12.6. The van der Waals surface area contributed by atoms with Gasteiger partial charge in [-0.15, -0.1) is 0 Å². The molecule has 0 fully saturated rings. The van der Waals surface area contributed by atoms with Gasteiger partial charge in [0, 0.05) is 18.3 Å². The molecule has 0 aliphatic carbocycles. The molecule has 146 valence electrons. The van der Waals surface area contributed by atoms with E-state index < -0.39 is 15.9 Å². The fourth-order valence-electron chi connectivity index (χ4n) is 2.32. The van der Waals surface area contributed by atoms with Crippen LogP contribution in [0.25, 0.3) is 0 Å². The van der Waals surface area contributed by atoms with Crippen molar-refractivity contribution in [3.8, 4) is 5.75 Å². The van der Waals surface area contributed by atoms with E-state index in [1.165, 1.54) is 32.4 Å². The van der Waals surface area contributed by atoms with Crippen LogP contribution in [0.4, 0.5) is 5.69 Å². The van der Waals surface area contributed by atoms with E-state index in [2.05, 4.69) is 5.32 Å². The molecule has 7 nitrogen and oxygen atoms in total. The summed E-state index contributed by atoms with van der Waals surface area (Å²) < 4.78 is 31.0. The van der Waals surface area contributed by atoms with Gasteiger partial charge in [-0.3, -0.25) is 9.63 Å². The Bertz CT molecular complexity index is 912. The van der Waals surface area contributed by atoms with Crippen molar-refractivity contribution < 1.29 is 22.8 Å². The Labute approximate surface area is 159 Å². The van der Waals surface area contributed by atoms with Crippen molar-refractivity contribution >= 4 is 21.6 Å². The van der Waals surface area contributed by atoms with Crippen LogP contribution in [0.15, 0.2) is 47.4 Å².